The topological polar surface area (TPSA) is 79.5 Å². The number of nitrogens with one attached hydrogen (secondary N) is 1. The van der Waals surface area contributed by atoms with E-state index in [1.165, 1.54) is 31.2 Å². The molecule has 1 heterocycles. The van der Waals surface area contributed by atoms with Crippen LogP contribution in [0.4, 0.5) is 13.2 Å². The Balaban J connectivity index is 2.02. The quantitative estimate of drug-likeness (QED) is 0.875. The van der Waals surface area contributed by atoms with E-state index in [9.17, 15) is 22.8 Å². The number of carbonyl (C=O) groups excluding carboxylic acids is 1. The Morgan fingerprint density at radius 1 is 1.25 bits per heavy atom. The van der Waals surface area contributed by atoms with Crippen LogP contribution in [0.15, 0.2) is 34.7 Å². The molecule has 8 heteroatoms. The van der Waals surface area contributed by atoms with E-state index in [1.54, 1.807) is 0 Å². The lowest BCUT2D eigenvalue weighted by Gasteiger charge is -2.12. The van der Waals surface area contributed by atoms with Gasteiger partial charge in [0, 0.05) is 0 Å². The molecule has 0 spiro atoms. The minimum atomic E-state index is -4.54. The van der Waals surface area contributed by atoms with Crippen LogP contribution in [0, 0.1) is 6.92 Å². The molecule has 0 atom stereocenters. The molecule has 0 bridgehead atoms. The molecule has 0 saturated carbocycles. The van der Waals surface area contributed by atoms with E-state index in [-0.39, 0.29) is 29.2 Å². The van der Waals surface area contributed by atoms with Gasteiger partial charge < -0.3 is 14.8 Å². The van der Waals surface area contributed by atoms with Crippen molar-refractivity contribution in [1.82, 2.24) is 5.32 Å². The van der Waals surface area contributed by atoms with Crippen molar-refractivity contribution >= 4 is 11.9 Å². The second-order valence-corrected chi connectivity index (χ2v) is 5.10. The van der Waals surface area contributed by atoms with Crippen molar-refractivity contribution in [2.24, 2.45) is 0 Å². The van der Waals surface area contributed by atoms with Crippen LogP contribution in [0.2, 0.25) is 0 Å². The number of alkyl halides is 3. The average molecular weight is 341 g/mol. The molecule has 5 nitrogen and oxygen atoms in total. The maximum Gasteiger partial charge on any atom is 0.416 e. The zero-order valence-electron chi connectivity index (χ0n) is 12.6. The number of amides is 1. The lowest BCUT2D eigenvalue weighted by molar-refractivity contribution is -0.138. The zero-order valence-corrected chi connectivity index (χ0v) is 12.6. The number of halogens is 3. The van der Waals surface area contributed by atoms with Crippen molar-refractivity contribution in [3.05, 3.63) is 58.5 Å². The summed E-state index contributed by atoms with van der Waals surface area (Å²) in [4.78, 5) is 22.7. The number of hydrogen-bond acceptors (Lipinski definition) is 3. The predicted molar refractivity (Wildman–Crippen MR) is 77.4 cm³/mol. The molecule has 128 valence electrons. The summed E-state index contributed by atoms with van der Waals surface area (Å²) in [6.07, 6.45) is -4.98. The Morgan fingerprint density at radius 3 is 2.50 bits per heavy atom. The maximum absolute atomic E-state index is 12.9. The zero-order chi connectivity index (χ0) is 17.9. The van der Waals surface area contributed by atoms with Gasteiger partial charge in [-0.25, -0.2) is 4.79 Å². The lowest BCUT2D eigenvalue weighted by Crippen LogP contribution is -2.25. The number of carboxylic acid groups (broad SMARTS) is 1. The normalized spacial score (nSPS) is 11.3. The third kappa shape index (κ3) is 4.15. The van der Waals surface area contributed by atoms with Crippen LogP contribution in [0.25, 0.3) is 0 Å². The highest BCUT2D eigenvalue weighted by atomic mass is 19.4. The molecule has 0 fully saturated rings. The number of aryl methyl sites for hydroxylation is 1. The maximum atomic E-state index is 12.9. The Labute approximate surface area is 135 Å². The first-order valence-corrected chi connectivity index (χ1v) is 6.93. The summed E-state index contributed by atoms with van der Waals surface area (Å²) in [7, 11) is 0. The number of rotatable bonds is 5. The fourth-order valence-electron chi connectivity index (χ4n) is 2.22. The first-order chi connectivity index (χ1) is 11.2. The number of carbonyl (C=O) groups is 2. The van der Waals surface area contributed by atoms with Crippen LogP contribution < -0.4 is 5.32 Å². The molecule has 2 aromatic rings. The SMILES string of the molecule is Cc1oc(CNC(=O)Cc2ccccc2C(F)(F)F)cc1C(=O)O. The molecule has 1 aromatic carbocycles. The van der Waals surface area contributed by atoms with E-state index in [0.29, 0.717) is 0 Å². The van der Waals surface area contributed by atoms with E-state index < -0.39 is 30.0 Å². The van der Waals surface area contributed by atoms with Crippen molar-refractivity contribution in [2.45, 2.75) is 26.1 Å². The molecule has 1 amide bonds. The molecule has 0 unspecified atom stereocenters. The highest BCUT2D eigenvalue weighted by molar-refractivity contribution is 5.88. The summed E-state index contributed by atoms with van der Waals surface area (Å²) >= 11 is 0. The fraction of sp³-hybridized carbons (Fsp3) is 0.250. The first kappa shape index (κ1) is 17.6. The third-order valence-electron chi connectivity index (χ3n) is 3.33. The minimum absolute atomic E-state index is 0.0262. The summed E-state index contributed by atoms with van der Waals surface area (Å²) in [5, 5.41) is 11.3. The second kappa shape index (κ2) is 6.77. The Morgan fingerprint density at radius 2 is 1.92 bits per heavy atom. The molecule has 0 aliphatic rings. The van der Waals surface area contributed by atoms with Gasteiger partial charge in [0.1, 0.15) is 17.1 Å². The van der Waals surface area contributed by atoms with Gasteiger partial charge in [-0.15, -0.1) is 0 Å². The standard InChI is InChI=1S/C16H14F3NO4/c1-9-12(15(22)23)7-11(24-9)8-20-14(21)6-10-4-2-3-5-13(10)16(17,18)19/h2-5,7H,6,8H2,1H3,(H,20,21)(H,22,23). The molecule has 2 N–H and O–H groups in total. The monoisotopic (exact) mass is 341 g/mol. The van der Waals surface area contributed by atoms with Crippen molar-refractivity contribution in [3.8, 4) is 0 Å². The van der Waals surface area contributed by atoms with Gasteiger partial charge in [-0.3, -0.25) is 4.79 Å². The van der Waals surface area contributed by atoms with Crippen LogP contribution in [-0.2, 0) is 23.9 Å². The summed E-state index contributed by atoms with van der Waals surface area (Å²) < 4.78 is 43.8. The highest BCUT2D eigenvalue weighted by Gasteiger charge is 2.33. The molecule has 24 heavy (non-hydrogen) atoms. The summed E-state index contributed by atoms with van der Waals surface area (Å²) in [6, 6.07) is 6.09. The van der Waals surface area contributed by atoms with Gasteiger partial charge in [0.2, 0.25) is 5.91 Å². The van der Waals surface area contributed by atoms with E-state index in [0.717, 1.165) is 6.07 Å². The summed E-state index contributed by atoms with van der Waals surface area (Å²) in [6.45, 7) is 1.36. The van der Waals surface area contributed by atoms with Gasteiger partial charge in [-0.1, -0.05) is 18.2 Å². The third-order valence-corrected chi connectivity index (χ3v) is 3.33. The molecule has 0 radical (unpaired) electrons. The highest BCUT2D eigenvalue weighted by Crippen LogP contribution is 2.32. The molecule has 0 saturated heterocycles. The van der Waals surface area contributed by atoms with E-state index in [4.69, 9.17) is 9.52 Å². The van der Waals surface area contributed by atoms with Crippen molar-refractivity contribution in [3.63, 3.8) is 0 Å². The number of benzene rings is 1. The van der Waals surface area contributed by atoms with Crippen molar-refractivity contribution < 1.29 is 32.3 Å². The second-order valence-electron chi connectivity index (χ2n) is 5.10. The van der Waals surface area contributed by atoms with Crippen LogP contribution in [0.1, 0.15) is 33.0 Å². The van der Waals surface area contributed by atoms with Crippen LogP contribution in [0.3, 0.4) is 0 Å². The number of hydrogen-bond donors (Lipinski definition) is 2. The van der Waals surface area contributed by atoms with Gasteiger partial charge in [-0.2, -0.15) is 13.2 Å². The Hall–Kier alpha value is -2.77. The van der Waals surface area contributed by atoms with Gasteiger partial charge >= 0.3 is 12.1 Å². The average Bonchev–Trinajstić information content (AvgIpc) is 2.86. The van der Waals surface area contributed by atoms with E-state index in [1.807, 2.05) is 0 Å². The molecular weight excluding hydrogens is 327 g/mol. The van der Waals surface area contributed by atoms with Gasteiger partial charge in [0.05, 0.1) is 18.5 Å². The van der Waals surface area contributed by atoms with Crippen molar-refractivity contribution in [2.75, 3.05) is 0 Å². The number of aromatic carboxylic acids is 1. The summed E-state index contributed by atoms with van der Waals surface area (Å²) in [5.41, 5.74) is -1.02. The van der Waals surface area contributed by atoms with Gasteiger partial charge in [0.25, 0.3) is 0 Å². The Bertz CT molecular complexity index is 765. The molecular formula is C16H14F3NO4. The van der Waals surface area contributed by atoms with Crippen molar-refractivity contribution in [1.29, 1.82) is 0 Å². The lowest BCUT2D eigenvalue weighted by atomic mass is 10.0. The largest absolute Gasteiger partial charge is 0.478 e. The Kier molecular flexibility index (Phi) is 4.96. The molecule has 0 aliphatic carbocycles. The van der Waals surface area contributed by atoms with Crippen LogP contribution in [-0.4, -0.2) is 17.0 Å². The first-order valence-electron chi connectivity index (χ1n) is 6.93. The minimum Gasteiger partial charge on any atom is -0.478 e. The van der Waals surface area contributed by atoms with Gasteiger partial charge in [0.15, 0.2) is 0 Å². The fourth-order valence-corrected chi connectivity index (χ4v) is 2.22. The molecule has 2 rings (SSSR count). The van der Waals surface area contributed by atoms with E-state index >= 15 is 0 Å². The number of carboxylic acids is 1. The predicted octanol–water partition coefficient (Wildman–Crippen LogP) is 3.16. The molecule has 1 aromatic heterocycles. The van der Waals surface area contributed by atoms with Gasteiger partial charge in [-0.05, 0) is 24.6 Å². The van der Waals surface area contributed by atoms with Crippen LogP contribution >= 0.6 is 0 Å². The molecule has 0 aliphatic heterocycles. The van der Waals surface area contributed by atoms with E-state index in [2.05, 4.69) is 5.32 Å². The summed E-state index contributed by atoms with van der Waals surface area (Å²) in [5.74, 6) is -1.39. The van der Waals surface area contributed by atoms with Crippen LogP contribution in [0.5, 0.6) is 0 Å². The smallest absolute Gasteiger partial charge is 0.416 e. The number of furan rings is 1.